The highest BCUT2D eigenvalue weighted by atomic mass is 32.2. The second kappa shape index (κ2) is 8.42. The van der Waals surface area contributed by atoms with Crippen molar-refractivity contribution in [2.75, 3.05) is 22.7 Å². The molecule has 0 spiro atoms. The Morgan fingerprint density at radius 2 is 1.48 bits per heavy atom. The van der Waals surface area contributed by atoms with Crippen LogP contribution >= 0.6 is 0 Å². The van der Waals surface area contributed by atoms with Gasteiger partial charge in [0, 0.05) is 26.2 Å². The fourth-order valence-electron chi connectivity index (χ4n) is 4.36. The molecule has 0 radical (unpaired) electrons. The molecule has 31 heavy (non-hydrogen) atoms. The number of imidazole rings is 1. The Bertz CT molecular complexity index is 1250. The molecule has 0 unspecified atom stereocenters. The highest BCUT2D eigenvalue weighted by Gasteiger charge is 2.23. The number of aryl methyl sites for hydroxylation is 3. The van der Waals surface area contributed by atoms with E-state index in [0.29, 0.717) is 18.8 Å². The van der Waals surface area contributed by atoms with E-state index in [1.54, 1.807) is 33.4 Å². The van der Waals surface area contributed by atoms with E-state index in [-0.39, 0.29) is 10.6 Å². The van der Waals surface area contributed by atoms with Crippen LogP contribution in [0.5, 0.6) is 0 Å². The molecule has 1 aliphatic rings. The first-order valence-corrected chi connectivity index (χ1v) is 12.5. The number of fused-ring (bicyclic) bond motifs is 1. The van der Waals surface area contributed by atoms with Crippen molar-refractivity contribution in [2.24, 2.45) is 0 Å². The van der Waals surface area contributed by atoms with Crippen molar-refractivity contribution in [3.05, 3.63) is 52.4 Å². The van der Waals surface area contributed by atoms with Gasteiger partial charge in [0.05, 0.1) is 27.3 Å². The lowest BCUT2D eigenvalue weighted by Gasteiger charge is -2.31. The number of nitrogens with one attached hydrogen (secondary N) is 1. The molecule has 1 N–H and O–H groups in total. The minimum absolute atomic E-state index is 0.0665. The minimum Gasteiger partial charge on any atom is -0.370 e. The van der Waals surface area contributed by atoms with Crippen LogP contribution in [0.15, 0.2) is 46.1 Å². The molecule has 166 valence electrons. The first kappa shape index (κ1) is 21.5. The van der Waals surface area contributed by atoms with Gasteiger partial charge in [-0.05, 0) is 64.3 Å². The summed E-state index contributed by atoms with van der Waals surface area (Å²) in [5.41, 5.74) is 3.87. The molecule has 1 saturated heterocycles. The number of piperidine rings is 1. The lowest BCUT2D eigenvalue weighted by Crippen LogP contribution is -2.30. The Hall–Kier alpha value is -2.74. The Morgan fingerprint density at radius 1 is 0.903 bits per heavy atom. The summed E-state index contributed by atoms with van der Waals surface area (Å²) in [5.74, 6) is 0. The van der Waals surface area contributed by atoms with Gasteiger partial charge in [0.1, 0.15) is 0 Å². The second-order valence-electron chi connectivity index (χ2n) is 8.10. The van der Waals surface area contributed by atoms with Crippen molar-refractivity contribution in [1.29, 1.82) is 0 Å². The topological polar surface area (TPSA) is 76.3 Å². The fourth-order valence-corrected chi connectivity index (χ4v) is 5.43. The van der Waals surface area contributed by atoms with E-state index in [2.05, 4.69) is 9.62 Å². The molecule has 0 bridgehead atoms. The maximum atomic E-state index is 13.2. The molecule has 7 nitrogen and oxygen atoms in total. The van der Waals surface area contributed by atoms with Gasteiger partial charge in [-0.2, -0.15) is 0 Å². The van der Waals surface area contributed by atoms with Gasteiger partial charge in [-0.1, -0.05) is 17.7 Å². The van der Waals surface area contributed by atoms with Crippen LogP contribution < -0.4 is 15.3 Å². The number of hydrogen-bond acceptors (Lipinski definition) is 4. The average Bonchev–Trinajstić information content (AvgIpc) is 3.03. The second-order valence-corrected chi connectivity index (χ2v) is 9.78. The van der Waals surface area contributed by atoms with Crippen LogP contribution in [0.1, 0.15) is 38.7 Å². The number of anilines is 2. The molecule has 2 aromatic carbocycles. The van der Waals surface area contributed by atoms with Crippen LogP contribution in [-0.4, -0.2) is 30.6 Å². The highest BCUT2D eigenvalue weighted by molar-refractivity contribution is 7.92. The molecule has 2 heterocycles. The van der Waals surface area contributed by atoms with Crippen LogP contribution in [0.3, 0.4) is 0 Å². The van der Waals surface area contributed by atoms with Crippen molar-refractivity contribution < 1.29 is 8.42 Å². The predicted molar refractivity (Wildman–Crippen MR) is 126 cm³/mol. The summed E-state index contributed by atoms with van der Waals surface area (Å²) in [6.45, 7) is 8.64. The first-order chi connectivity index (χ1) is 14.9. The number of rotatable bonds is 6. The van der Waals surface area contributed by atoms with E-state index < -0.39 is 10.0 Å². The first-order valence-electron chi connectivity index (χ1n) is 11.0. The fraction of sp³-hybridized carbons (Fsp3) is 0.435. The van der Waals surface area contributed by atoms with Gasteiger partial charge in [-0.15, -0.1) is 0 Å². The number of aromatic nitrogens is 2. The number of benzene rings is 2. The molecule has 0 amide bonds. The molecule has 0 atom stereocenters. The van der Waals surface area contributed by atoms with E-state index in [4.69, 9.17) is 0 Å². The minimum atomic E-state index is -3.76. The van der Waals surface area contributed by atoms with Crippen LogP contribution in [0.2, 0.25) is 0 Å². The van der Waals surface area contributed by atoms with Gasteiger partial charge in [-0.25, -0.2) is 13.2 Å². The Kier molecular flexibility index (Phi) is 5.83. The molecule has 1 aromatic heterocycles. The molecular weight excluding hydrogens is 412 g/mol. The third-order valence-electron chi connectivity index (χ3n) is 6.04. The van der Waals surface area contributed by atoms with Crippen LogP contribution in [0, 0.1) is 6.92 Å². The molecule has 1 aliphatic heterocycles. The lowest BCUT2D eigenvalue weighted by molar-refractivity contribution is 0.578. The Balaban J connectivity index is 1.89. The normalized spacial score (nSPS) is 14.9. The van der Waals surface area contributed by atoms with Crippen molar-refractivity contribution in [3.8, 4) is 0 Å². The third-order valence-corrected chi connectivity index (χ3v) is 7.42. The Morgan fingerprint density at radius 3 is 2.06 bits per heavy atom. The molecule has 3 aromatic rings. The predicted octanol–water partition coefficient (Wildman–Crippen LogP) is 3.94. The van der Waals surface area contributed by atoms with Gasteiger partial charge >= 0.3 is 5.69 Å². The van der Waals surface area contributed by atoms with Crippen molar-refractivity contribution in [1.82, 2.24) is 9.13 Å². The molecule has 0 aliphatic carbocycles. The summed E-state index contributed by atoms with van der Waals surface area (Å²) in [6, 6.07) is 10.6. The molecule has 0 saturated carbocycles. The number of hydrogen-bond donors (Lipinski definition) is 1. The van der Waals surface area contributed by atoms with Gasteiger partial charge < -0.3 is 4.90 Å². The van der Waals surface area contributed by atoms with Crippen molar-refractivity contribution >= 4 is 32.4 Å². The van der Waals surface area contributed by atoms with Crippen LogP contribution in [0.4, 0.5) is 11.4 Å². The summed E-state index contributed by atoms with van der Waals surface area (Å²) in [4.78, 5) is 15.3. The van der Waals surface area contributed by atoms with E-state index in [1.165, 1.54) is 6.42 Å². The quantitative estimate of drug-likeness (QED) is 0.627. The van der Waals surface area contributed by atoms with E-state index in [9.17, 15) is 13.2 Å². The Labute approximate surface area is 183 Å². The zero-order valence-corrected chi connectivity index (χ0v) is 19.2. The summed E-state index contributed by atoms with van der Waals surface area (Å²) in [7, 11) is -3.76. The average molecular weight is 443 g/mol. The van der Waals surface area contributed by atoms with E-state index in [1.807, 2.05) is 32.9 Å². The summed E-state index contributed by atoms with van der Waals surface area (Å²) in [6.07, 6.45) is 3.31. The standard InChI is InChI=1S/C23H30N4O3S/c1-4-26-21-15-19(24-31(29,30)18-11-9-17(3)10-12-18)20(25-13-7-6-8-14-25)16-22(21)27(5-2)23(26)28/h9-12,15-16,24H,4-8,13-14H2,1-3H3. The maximum absolute atomic E-state index is 13.2. The van der Waals surface area contributed by atoms with Gasteiger partial charge in [0.25, 0.3) is 10.0 Å². The molecule has 4 rings (SSSR count). The number of nitrogens with zero attached hydrogens (tertiary/aromatic N) is 3. The van der Waals surface area contributed by atoms with Crippen LogP contribution in [-0.2, 0) is 23.1 Å². The monoisotopic (exact) mass is 442 g/mol. The summed E-state index contributed by atoms with van der Waals surface area (Å²) >= 11 is 0. The van der Waals surface area contributed by atoms with Crippen molar-refractivity contribution in [2.45, 2.75) is 58.0 Å². The van der Waals surface area contributed by atoms with Gasteiger partial charge in [-0.3, -0.25) is 13.9 Å². The molecule has 8 heteroatoms. The third kappa shape index (κ3) is 3.96. The van der Waals surface area contributed by atoms with E-state index >= 15 is 0 Å². The van der Waals surface area contributed by atoms with E-state index in [0.717, 1.165) is 48.2 Å². The largest absolute Gasteiger partial charge is 0.370 e. The number of sulfonamides is 1. The SMILES string of the molecule is CCn1c(=O)n(CC)c2cc(N3CCCCC3)c(NS(=O)(=O)c3ccc(C)cc3)cc21. The van der Waals surface area contributed by atoms with Gasteiger partial charge in [0.15, 0.2) is 0 Å². The zero-order chi connectivity index (χ0) is 22.2. The summed E-state index contributed by atoms with van der Waals surface area (Å²) in [5, 5.41) is 0. The van der Waals surface area contributed by atoms with Crippen LogP contribution in [0.25, 0.3) is 11.0 Å². The maximum Gasteiger partial charge on any atom is 0.329 e. The highest BCUT2D eigenvalue weighted by Crippen LogP contribution is 2.34. The van der Waals surface area contributed by atoms with Crippen molar-refractivity contribution in [3.63, 3.8) is 0 Å². The molecular formula is C23H30N4O3S. The molecule has 1 fully saturated rings. The van der Waals surface area contributed by atoms with Gasteiger partial charge in [0.2, 0.25) is 0 Å². The zero-order valence-electron chi connectivity index (χ0n) is 18.4. The smallest absolute Gasteiger partial charge is 0.329 e. The summed E-state index contributed by atoms with van der Waals surface area (Å²) < 4.78 is 32.6. The lowest BCUT2D eigenvalue weighted by atomic mass is 10.1.